The fraction of sp³-hybridized carbons (Fsp3) is 0.333. The van der Waals surface area contributed by atoms with Crippen LogP contribution in [0.4, 0.5) is 4.79 Å². The van der Waals surface area contributed by atoms with E-state index in [9.17, 15) is 9.59 Å². The van der Waals surface area contributed by atoms with Crippen LogP contribution in [0.2, 0.25) is 0 Å². The third-order valence-corrected chi connectivity index (χ3v) is 4.01. The summed E-state index contributed by atoms with van der Waals surface area (Å²) in [4.78, 5) is 23.8. The molecule has 0 saturated heterocycles. The number of hydrogen-bond donors (Lipinski definition) is 2. The topological polar surface area (TPSA) is 67.4 Å². The molecule has 2 aromatic rings. The Bertz CT molecular complexity index is 708. The third-order valence-electron chi connectivity index (χ3n) is 4.01. The maximum atomic E-state index is 12.2. The summed E-state index contributed by atoms with van der Waals surface area (Å²) in [5.41, 5.74) is 2.74. The summed E-state index contributed by atoms with van der Waals surface area (Å²) in [6.45, 7) is 3.40. The lowest BCUT2D eigenvalue weighted by atomic mass is 10.0. The van der Waals surface area contributed by atoms with E-state index in [2.05, 4.69) is 10.6 Å². The standard InChI is InChI=1S/C21H26N2O3.ClH/c1-2-18-12-6-7-13-19(18)20(24)22-14-8-9-15-23-21(25)26-16-17-10-4-3-5-11-17;/h3-7,10-13H,2,8-9,14-16H2,1H3,(H,22,24)(H,23,25);1H. The number of amides is 2. The first-order valence-corrected chi connectivity index (χ1v) is 9.01. The number of alkyl carbamates (subject to hydrolysis) is 1. The van der Waals surface area contributed by atoms with Crippen LogP contribution in [0.5, 0.6) is 0 Å². The van der Waals surface area contributed by atoms with Gasteiger partial charge in [0.2, 0.25) is 0 Å². The van der Waals surface area contributed by atoms with Gasteiger partial charge in [0.1, 0.15) is 6.61 Å². The summed E-state index contributed by atoms with van der Waals surface area (Å²) in [5, 5.41) is 5.64. The molecule has 0 aliphatic rings. The zero-order valence-corrected chi connectivity index (χ0v) is 16.4. The Labute approximate surface area is 166 Å². The van der Waals surface area contributed by atoms with Crippen LogP contribution in [0.15, 0.2) is 54.6 Å². The van der Waals surface area contributed by atoms with Crippen LogP contribution in [0.3, 0.4) is 0 Å². The highest BCUT2D eigenvalue weighted by Gasteiger charge is 2.08. The number of halogens is 1. The van der Waals surface area contributed by atoms with Gasteiger partial charge in [-0.1, -0.05) is 55.5 Å². The molecular formula is C21H27ClN2O3. The van der Waals surface area contributed by atoms with Crippen LogP contribution >= 0.6 is 12.4 Å². The SMILES string of the molecule is CCc1ccccc1C(=O)NCCCCNC(=O)OCc1ccccc1.Cl. The van der Waals surface area contributed by atoms with Gasteiger partial charge in [-0.15, -0.1) is 12.4 Å². The summed E-state index contributed by atoms with van der Waals surface area (Å²) in [7, 11) is 0. The smallest absolute Gasteiger partial charge is 0.407 e. The number of nitrogens with one attached hydrogen (secondary N) is 2. The van der Waals surface area contributed by atoms with Gasteiger partial charge in [0, 0.05) is 18.7 Å². The third kappa shape index (κ3) is 8.13. The van der Waals surface area contributed by atoms with Crippen molar-refractivity contribution in [2.75, 3.05) is 13.1 Å². The summed E-state index contributed by atoms with van der Waals surface area (Å²) in [5.74, 6) is -0.0438. The first-order valence-electron chi connectivity index (χ1n) is 9.01. The van der Waals surface area contributed by atoms with Gasteiger partial charge >= 0.3 is 6.09 Å². The Hall–Kier alpha value is -2.53. The largest absolute Gasteiger partial charge is 0.445 e. The molecule has 0 radical (unpaired) electrons. The van der Waals surface area contributed by atoms with E-state index in [4.69, 9.17) is 4.74 Å². The van der Waals surface area contributed by atoms with Gasteiger partial charge in [-0.2, -0.15) is 0 Å². The molecule has 0 fully saturated rings. The van der Waals surface area contributed by atoms with Crippen molar-refractivity contribution in [2.45, 2.75) is 32.8 Å². The second-order valence-corrected chi connectivity index (χ2v) is 5.96. The van der Waals surface area contributed by atoms with Gasteiger partial charge in [-0.3, -0.25) is 4.79 Å². The first kappa shape index (κ1) is 22.5. The van der Waals surface area contributed by atoms with Crippen LogP contribution in [-0.4, -0.2) is 25.1 Å². The van der Waals surface area contributed by atoms with E-state index in [0.29, 0.717) is 13.1 Å². The van der Waals surface area contributed by atoms with Crippen LogP contribution < -0.4 is 10.6 Å². The molecule has 2 N–H and O–H groups in total. The van der Waals surface area contributed by atoms with Crippen molar-refractivity contribution >= 4 is 24.4 Å². The van der Waals surface area contributed by atoms with E-state index >= 15 is 0 Å². The van der Waals surface area contributed by atoms with Crippen LogP contribution in [-0.2, 0) is 17.8 Å². The quantitative estimate of drug-likeness (QED) is 0.633. The van der Waals surface area contributed by atoms with Crippen molar-refractivity contribution < 1.29 is 14.3 Å². The predicted molar refractivity (Wildman–Crippen MR) is 109 cm³/mol. The van der Waals surface area contributed by atoms with Gasteiger partial charge in [0.15, 0.2) is 0 Å². The Kier molecular flexibility index (Phi) is 10.6. The number of ether oxygens (including phenoxy) is 1. The van der Waals surface area contributed by atoms with E-state index in [0.717, 1.165) is 36.0 Å². The fourth-order valence-electron chi connectivity index (χ4n) is 2.56. The fourth-order valence-corrected chi connectivity index (χ4v) is 2.56. The van der Waals surface area contributed by atoms with Gasteiger partial charge in [0.05, 0.1) is 0 Å². The molecule has 0 aliphatic carbocycles. The normalized spacial score (nSPS) is 9.81. The molecule has 0 bridgehead atoms. The number of carbonyl (C=O) groups excluding carboxylic acids is 2. The van der Waals surface area contributed by atoms with E-state index in [1.807, 2.05) is 61.5 Å². The molecule has 0 saturated carbocycles. The summed E-state index contributed by atoms with van der Waals surface area (Å²) in [6, 6.07) is 17.2. The minimum Gasteiger partial charge on any atom is -0.445 e. The molecule has 2 aromatic carbocycles. The monoisotopic (exact) mass is 390 g/mol. The van der Waals surface area contributed by atoms with E-state index < -0.39 is 6.09 Å². The number of rotatable bonds is 9. The predicted octanol–water partition coefficient (Wildman–Crippen LogP) is 4.11. The molecule has 146 valence electrons. The summed E-state index contributed by atoms with van der Waals surface area (Å²) in [6.07, 6.45) is 1.98. The maximum absolute atomic E-state index is 12.2. The van der Waals surface area contributed by atoms with E-state index in [1.165, 1.54) is 0 Å². The van der Waals surface area contributed by atoms with E-state index in [-0.39, 0.29) is 24.9 Å². The summed E-state index contributed by atoms with van der Waals surface area (Å²) >= 11 is 0. The minimum atomic E-state index is -0.422. The molecule has 0 aliphatic heterocycles. The number of benzene rings is 2. The lowest BCUT2D eigenvalue weighted by molar-refractivity contribution is 0.0951. The Morgan fingerprint density at radius 3 is 2.22 bits per heavy atom. The van der Waals surface area contributed by atoms with Crippen LogP contribution in [0.1, 0.15) is 41.3 Å². The van der Waals surface area contributed by atoms with Crippen LogP contribution in [0, 0.1) is 0 Å². The first-order chi connectivity index (χ1) is 12.7. The summed E-state index contributed by atoms with van der Waals surface area (Å²) < 4.78 is 5.14. The van der Waals surface area contributed by atoms with Gasteiger partial charge in [-0.25, -0.2) is 4.79 Å². The molecule has 0 aromatic heterocycles. The van der Waals surface area contributed by atoms with E-state index in [1.54, 1.807) is 0 Å². The molecule has 27 heavy (non-hydrogen) atoms. The zero-order chi connectivity index (χ0) is 18.6. The average Bonchev–Trinajstić information content (AvgIpc) is 2.69. The van der Waals surface area contributed by atoms with Crippen molar-refractivity contribution in [1.82, 2.24) is 10.6 Å². The van der Waals surface area contributed by atoms with Gasteiger partial charge in [-0.05, 0) is 36.5 Å². The van der Waals surface area contributed by atoms with Crippen molar-refractivity contribution in [3.8, 4) is 0 Å². The molecule has 0 spiro atoms. The highest BCUT2D eigenvalue weighted by Crippen LogP contribution is 2.09. The molecule has 2 amide bonds. The second-order valence-electron chi connectivity index (χ2n) is 5.96. The molecule has 5 nitrogen and oxygen atoms in total. The molecule has 0 unspecified atom stereocenters. The number of carbonyl (C=O) groups is 2. The minimum absolute atomic E-state index is 0. The highest BCUT2D eigenvalue weighted by atomic mass is 35.5. The van der Waals surface area contributed by atoms with Crippen molar-refractivity contribution in [2.24, 2.45) is 0 Å². The van der Waals surface area contributed by atoms with Crippen LogP contribution in [0.25, 0.3) is 0 Å². The Balaban J connectivity index is 0.00000364. The molecule has 0 atom stereocenters. The lowest BCUT2D eigenvalue weighted by Gasteiger charge is -2.09. The lowest BCUT2D eigenvalue weighted by Crippen LogP contribution is -2.28. The number of hydrogen-bond acceptors (Lipinski definition) is 3. The molecular weight excluding hydrogens is 364 g/mol. The number of aryl methyl sites for hydroxylation is 1. The van der Waals surface area contributed by atoms with Crippen molar-refractivity contribution in [3.05, 3.63) is 71.3 Å². The molecule has 2 rings (SSSR count). The Morgan fingerprint density at radius 1 is 0.889 bits per heavy atom. The van der Waals surface area contributed by atoms with Crippen molar-refractivity contribution in [1.29, 1.82) is 0 Å². The maximum Gasteiger partial charge on any atom is 0.407 e. The Morgan fingerprint density at radius 2 is 1.52 bits per heavy atom. The zero-order valence-electron chi connectivity index (χ0n) is 15.6. The second kappa shape index (κ2) is 12.8. The van der Waals surface area contributed by atoms with Gasteiger partial charge < -0.3 is 15.4 Å². The highest BCUT2D eigenvalue weighted by molar-refractivity contribution is 5.95. The molecule has 0 heterocycles. The molecule has 6 heteroatoms. The number of unbranched alkanes of at least 4 members (excludes halogenated alkanes) is 1. The average molecular weight is 391 g/mol. The van der Waals surface area contributed by atoms with Gasteiger partial charge in [0.25, 0.3) is 5.91 Å². The van der Waals surface area contributed by atoms with Crippen molar-refractivity contribution in [3.63, 3.8) is 0 Å².